The minimum absolute atomic E-state index is 0.0495. The van der Waals surface area contributed by atoms with Gasteiger partial charge in [-0.1, -0.05) is 78.9 Å². The van der Waals surface area contributed by atoms with Gasteiger partial charge in [0.1, 0.15) is 24.2 Å². The number of benzene rings is 4. The first-order valence-corrected chi connectivity index (χ1v) is 18.3. The molecule has 8 nitrogen and oxygen atoms in total. The first-order valence-electron chi connectivity index (χ1n) is 16.1. The normalized spacial score (nSPS) is 14.1. The van der Waals surface area contributed by atoms with Crippen molar-refractivity contribution in [2.45, 2.75) is 62.0 Å². The van der Waals surface area contributed by atoms with Crippen molar-refractivity contribution in [3.8, 4) is 5.75 Å². The molecule has 4 aromatic rings. The van der Waals surface area contributed by atoms with Crippen LogP contribution in [0.5, 0.6) is 5.75 Å². The topological polar surface area (TPSA) is 96.0 Å². The van der Waals surface area contributed by atoms with E-state index in [1.54, 1.807) is 18.2 Å². The Hall–Kier alpha value is -4.12. The van der Waals surface area contributed by atoms with Gasteiger partial charge in [0.2, 0.25) is 11.8 Å². The van der Waals surface area contributed by atoms with Crippen molar-refractivity contribution in [3.63, 3.8) is 0 Å². The fourth-order valence-corrected chi connectivity index (χ4v) is 7.89. The quantitative estimate of drug-likeness (QED) is 0.155. The zero-order valence-corrected chi connectivity index (χ0v) is 29.4. The second-order valence-corrected chi connectivity index (χ2v) is 14.6. The van der Waals surface area contributed by atoms with E-state index in [0.29, 0.717) is 11.3 Å². The van der Waals surface area contributed by atoms with Gasteiger partial charge in [-0.2, -0.15) is 0 Å². The second kappa shape index (κ2) is 16.5. The number of nitrogens with zero attached hydrogens (tertiary/aromatic N) is 2. The molecule has 1 saturated carbocycles. The summed E-state index contributed by atoms with van der Waals surface area (Å²) in [5, 5.41) is 3.74. The van der Waals surface area contributed by atoms with Crippen LogP contribution in [-0.2, 0) is 32.6 Å². The van der Waals surface area contributed by atoms with Crippen molar-refractivity contribution in [1.29, 1.82) is 0 Å². The Kier molecular flexibility index (Phi) is 12.2. The van der Waals surface area contributed by atoms with E-state index >= 15 is 0 Å². The van der Waals surface area contributed by atoms with Gasteiger partial charge < -0.3 is 15.0 Å². The van der Waals surface area contributed by atoms with Gasteiger partial charge in [-0.25, -0.2) is 12.8 Å². The highest BCUT2D eigenvalue weighted by atomic mass is 35.5. The van der Waals surface area contributed by atoms with Crippen molar-refractivity contribution in [3.05, 3.63) is 124 Å². The molecule has 49 heavy (non-hydrogen) atoms. The summed E-state index contributed by atoms with van der Waals surface area (Å²) in [4.78, 5) is 30.2. The summed E-state index contributed by atoms with van der Waals surface area (Å²) in [5.41, 5.74) is 1.28. The van der Waals surface area contributed by atoms with Gasteiger partial charge in [-0.3, -0.25) is 13.9 Å². The van der Waals surface area contributed by atoms with E-state index < -0.39 is 34.3 Å². The SMILES string of the molecule is COc1ccc(S(=O)(=O)N(CC(=O)N(Cc2c(Cl)cccc2Cl)C(Cc2ccccc2)C(=O)NC2CCCCC2)c2ccc(F)cc2)cc1. The van der Waals surface area contributed by atoms with Gasteiger partial charge in [0.25, 0.3) is 10.0 Å². The Morgan fingerprint density at radius 2 is 1.51 bits per heavy atom. The number of hydrogen-bond acceptors (Lipinski definition) is 5. The lowest BCUT2D eigenvalue weighted by atomic mass is 9.94. The van der Waals surface area contributed by atoms with Gasteiger partial charge >= 0.3 is 0 Å². The number of halogens is 3. The Bertz CT molecular complexity index is 1820. The van der Waals surface area contributed by atoms with Gasteiger partial charge in [0.05, 0.1) is 17.7 Å². The maximum absolute atomic E-state index is 14.7. The molecule has 1 fully saturated rings. The molecule has 12 heteroatoms. The molecule has 0 spiro atoms. The summed E-state index contributed by atoms with van der Waals surface area (Å²) in [6.07, 6.45) is 4.87. The average molecular weight is 727 g/mol. The third kappa shape index (κ3) is 9.12. The average Bonchev–Trinajstić information content (AvgIpc) is 3.11. The van der Waals surface area contributed by atoms with Gasteiger partial charge in [0, 0.05) is 34.6 Å². The van der Waals surface area contributed by atoms with E-state index in [2.05, 4.69) is 5.32 Å². The number of ether oxygens (including phenoxy) is 1. The summed E-state index contributed by atoms with van der Waals surface area (Å²) in [7, 11) is -2.92. The number of carbonyl (C=O) groups is 2. The van der Waals surface area contributed by atoms with Crippen molar-refractivity contribution in [2.75, 3.05) is 18.0 Å². The van der Waals surface area contributed by atoms with Gasteiger partial charge in [-0.15, -0.1) is 0 Å². The molecule has 4 aromatic carbocycles. The molecule has 1 aliphatic rings. The molecule has 0 radical (unpaired) electrons. The Balaban J connectivity index is 1.58. The molecule has 5 rings (SSSR count). The Morgan fingerprint density at radius 3 is 2.12 bits per heavy atom. The van der Waals surface area contributed by atoms with Crippen LogP contribution in [0.2, 0.25) is 10.0 Å². The van der Waals surface area contributed by atoms with Crippen LogP contribution < -0.4 is 14.4 Å². The summed E-state index contributed by atoms with van der Waals surface area (Å²) in [6, 6.07) is 23.7. The third-order valence-corrected chi connectivity index (χ3v) is 11.2. The zero-order chi connectivity index (χ0) is 35.0. The van der Waals surface area contributed by atoms with Crippen LogP contribution in [0.25, 0.3) is 0 Å². The van der Waals surface area contributed by atoms with Crippen LogP contribution in [0.4, 0.5) is 10.1 Å². The van der Waals surface area contributed by atoms with Crippen LogP contribution in [0.15, 0.2) is 102 Å². The van der Waals surface area contributed by atoms with Gasteiger partial charge in [-0.05, 0) is 79.1 Å². The predicted molar refractivity (Wildman–Crippen MR) is 190 cm³/mol. The summed E-state index contributed by atoms with van der Waals surface area (Å²) < 4.78 is 48.5. The van der Waals surface area contributed by atoms with E-state index in [-0.39, 0.29) is 45.5 Å². The van der Waals surface area contributed by atoms with E-state index in [4.69, 9.17) is 27.9 Å². The number of anilines is 1. The number of methoxy groups -OCH3 is 1. The molecule has 0 bridgehead atoms. The van der Waals surface area contributed by atoms with E-state index in [1.807, 2.05) is 30.3 Å². The number of hydrogen-bond donors (Lipinski definition) is 1. The minimum Gasteiger partial charge on any atom is -0.497 e. The van der Waals surface area contributed by atoms with Crippen LogP contribution in [0.1, 0.15) is 43.2 Å². The van der Waals surface area contributed by atoms with Crippen LogP contribution in [0.3, 0.4) is 0 Å². The largest absolute Gasteiger partial charge is 0.497 e. The molecule has 258 valence electrons. The number of amides is 2. The molecular weight excluding hydrogens is 688 g/mol. The van der Waals surface area contributed by atoms with Crippen LogP contribution in [-0.4, -0.2) is 50.9 Å². The highest BCUT2D eigenvalue weighted by Gasteiger charge is 2.36. The lowest BCUT2D eigenvalue weighted by molar-refractivity contribution is -0.140. The second-order valence-electron chi connectivity index (χ2n) is 11.9. The van der Waals surface area contributed by atoms with E-state index in [0.717, 1.165) is 54.1 Å². The Morgan fingerprint density at radius 1 is 0.878 bits per heavy atom. The lowest BCUT2D eigenvalue weighted by Gasteiger charge is -2.35. The fourth-order valence-electron chi connectivity index (χ4n) is 5.96. The maximum Gasteiger partial charge on any atom is 0.264 e. The number of nitrogens with one attached hydrogen (secondary N) is 1. The first-order chi connectivity index (χ1) is 23.6. The summed E-state index contributed by atoms with van der Waals surface area (Å²) in [5.74, 6) is -1.18. The standard InChI is InChI=1S/C37H38Cl2FN3O5S/c1-48-30-19-21-31(22-20-30)49(46,47)43(29-17-15-27(40)16-18-29)25-36(44)42(24-32-33(38)13-8-14-34(32)39)35(23-26-9-4-2-5-10-26)37(45)41-28-11-6-3-7-12-28/h2,4-5,8-10,13-22,28,35H,3,6-7,11-12,23-25H2,1H3,(H,41,45). The zero-order valence-electron chi connectivity index (χ0n) is 27.0. The fraction of sp³-hybridized carbons (Fsp3) is 0.297. The predicted octanol–water partition coefficient (Wildman–Crippen LogP) is 7.43. The maximum atomic E-state index is 14.7. The van der Waals surface area contributed by atoms with Gasteiger partial charge in [0.15, 0.2) is 0 Å². The number of sulfonamides is 1. The summed E-state index contributed by atoms with van der Waals surface area (Å²) >= 11 is 13.2. The smallest absolute Gasteiger partial charge is 0.264 e. The number of carbonyl (C=O) groups excluding carboxylic acids is 2. The van der Waals surface area contributed by atoms with E-state index in [1.165, 1.54) is 48.4 Å². The molecule has 1 atom stereocenters. The molecule has 0 aromatic heterocycles. The molecule has 2 amide bonds. The summed E-state index contributed by atoms with van der Waals surface area (Å²) in [6.45, 7) is -0.878. The molecule has 0 aliphatic heterocycles. The van der Waals surface area contributed by atoms with Crippen molar-refractivity contribution in [1.82, 2.24) is 10.2 Å². The monoisotopic (exact) mass is 725 g/mol. The molecule has 1 aliphatic carbocycles. The highest BCUT2D eigenvalue weighted by molar-refractivity contribution is 7.92. The minimum atomic E-state index is -4.38. The van der Waals surface area contributed by atoms with Crippen molar-refractivity contribution in [2.24, 2.45) is 0 Å². The third-order valence-electron chi connectivity index (χ3n) is 8.65. The number of rotatable bonds is 13. The molecule has 1 N–H and O–H groups in total. The molecule has 0 heterocycles. The Labute approximate surface area is 296 Å². The molecule has 1 unspecified atom stereocenters. The lowest BCUT2D eigenvalue weighted by Crippen LogP contribution is -2.55. The molecule has 0 saturated heterocycles. The first kappa shape index (κ1) is 36.2. The van der Waals surface area contributed by atoms with Crippen LogP contribution in [0, 0.1) is 5.82 Å². The highest BCUT2D eigenvalue weighted by Crippen LogP contribution is 2.30. The molecular formula is C37H38Cl2FN3O5S. The van der Waals surface area contributed by atoms with Crippen LogP contribution >= 0.6 is 23.2 Å². The van der Waals surface area contributed by atoms with Crippen molar-refractivity contribution < 1.29 is 27.1 Å². The van der Waals surface area contributed by atoms with E-state index in [9.17, 15) is 22.4 Å². The van der Waals surface area contributed by atoms with Crippen molar-refractivity contribution >= 4 is 50.7 Å².